The fourth-order valence-electron chi connectivity index (χ4n) is 0.445. The van der Waals surface area contributed by atoms with Crippen molar-refractivity contribution in [3.63, 3.8) is 0 Å². The number of ether oxygens (including phenoxy) is 1. The van der Waals surface area contributed by atoms with Crippen LogP contribution in [0.25, 0.3) is 0 Å². The van der Waals surface area contributed by atoms with E-state index in [9.17, 15) is 9.59 Å². The molecule has 1 rings (SSSR count). The molecular formula is C4H6KNO3. The molecule has 1 atom stereocenters. The van der Waals surface area contributed by atoms with Crippen molar-refractivity contribution in [1.82, 2.24) is 5.32 Å². The summed E-state index contributed by atoms with van der Waals surface area (Å²) in [6, 6.07) is -0.470. The fraction of sp³-hybridized carbons (Fsp3) is 0.500. The van der Waals surface area contributed by atoms with Crippen molar-refractivity contribution in [2.45, 2.75) is 13.0 Å². The molecule has 1 aliphatic heterocycles. The van der Waals surface area contributed by atoms with E-state index in [0.29, 0.717) is 0 Å². The zero-order valence-corrected chi connectivity index (χ0v) is 8.43. The first kappa shape index (κ1) is 9.58. The van der Waals surface area contributed by atoms with Gasteiger partial charge in [0.15, 0.2) is 0 Å². The van der Waals surface area contributed by atoms with Gasteiger partial charge < -0.3 is 11.5 Å². The second-order valence-electron chi connectivity index (χ2n) is 1.57. The summed E-state index contributed by atoms with van der Waals surface area (Å²) in [4.78, 5) is 20.4. The Morgan fingerprint density at radius 3 is 2.33 bits per heavy atom. The summed E-state index contributed by atoms with van der Waals surface area (Å²) in [7, 11) is 0. The number of carbonyl (C=O) groups is 2. The minimum atomic E-state index is -0.650. The molecule has 1 heterocycles. The molecule has 0 radical (unpaired) electrons. The molecule has 5 heteroatoms. The first-order valence-electron chi connectivity index (χ1n) is 2.22. The smallest absolute Gasteiger partial charge is 1.00 e. The van der Waals surface area contributed by atoms with Crippen LogP contribution in [0, 0.1) is 0 Å². The molecule has 1 unspecified atom stereocenters. The third-order valence-electron chi connectivity index (χ3n) is 0.881. The van der Waals surface area contributed by atoms with Crippen LogP contribution in [0.15, 0.2) is 0 Å². The topological polar surface area (TPSA) is 55.4 Å². The number of amides is 1. The first-order chi connectivity index (χ1) is 3.70. The second kappa shape index (κ2) is 3.67. The maximum atomic E-state index is 10.3. The van der Waals surface area contributed by atoms with Crippen molar-refractivity contribution < 1.29 is 67.1 Å². The van der Waals surface area contributed by atoms with E-state index in [2.05, 4.69) is 10.1 Å². The summed E-state index contributed by atoms with van der Waals surface area (Å²) in [5, 5.41) is 2.26. The van der Waals surface area contributed by atoms with Crippen LogP contribution in [0.3, 0.4) is 0 Å². The zero-order chi connectivity index (χ0) is 6.15. The predicted molar refractivity (Wildman–Crippen MR) is 25.2 cm³/mol. The van der Waals surface area contributed by atoms with Gasteiger partial charge in [-0.3, -0.25) is 0 Å². The molecule has 0 spiro atoms. The average molecular weight is 155 g/mol. The van der Waals surface area contributed by atoms with E-state index in [4.69, 9.17) is 0 Å². The summed E-state index contributed by atoms with van der Waals surface area (Å²) >= 11 is 0. The van der Waals surface area contributed by atoms with Gasteiger partial charge in [0.2, 0.25) is 0 Å². The van der Waals surface area contributed by atoms with E-state index < -0.39 is 18.1 Å². The van der Waals surface area contributed by atoms with Crippen LogP contribution in [-0.4, -0.2) is 18.1 Å². The molecule has 9 heavy (non-hydrogen) atoms. The van der Waals surface area contributed by atoms with Crippen LogP contribution in [0.1, 0.15) is 8.35 Å². The van der Waals surface area contributed by atoms with Crippen molar-refractivity contribution in [2.75, 3.05) is 0 Å². The van der Waals surface area contributed by atoms with Crippen LogP contribution in [-0.2, 0) is 9.53 Å². The average Bonchev–Trinajstić information content (AvgIpc) is 1.85. The monoisotopic (exact) mass is 155 g/mol. The van der Waals surface area contributed by atoms with Crippen LogP contribution in [0.5, 0.6) is 0 Å². The predicted octanol–water partition coefficient (Wildman–Crippen LogP) is -3.24. The number of hydrogen-bond acceptors (Lipinski definition) is 3. The van der Waals surface area contributed by atoms with Gasteiger partial charge in [0, 0.05) is 0 Å². The Balaban J connectivity index is 0. The summed E-state index contributed by atoms with van der Waals surface area (Å²) in [5.74, 6) is -0.505. The van der Waals surface area contributed by atoms with Gasteiger partial charge in [-0.05, 0) is 6.92 Å². The minimum Gasteiger partial charge on any atom is -1.00 e. The molecule has 0 bridgehead atoms. The molecule has 0 aromatic carbocycles. The number of esters is 1. The number of rotatable bonds is 0. The van der Waals surface area contributed by atoms with E-state index in [-0.39, 0.29) is 52.8 Å². The maximum absolute atomic E-state index is 10.3. The van der Waals surface area contributed by atoms with Gasteiger partial charge in [-0.1, -0.05) is 0 Å². The molecule has 1 aliphatic rings. The standard InChI is InChI=1S/C4H5NO3.K.H/c1-2-3(6)8-4(7)5-2;;/h2H,1H3,(H,5,7);;/q;+1;-1. The molecule has 1 saturated heterocycles. The Hall–Kier alpha value is 0.576. The van der Waals surface area contributed by atoms with Crippen molar-refractivity contribution in [2.24, 2.45) is 0 Å². The van der Waals surface area contributed by atoms with Crippen LogP contribution < -0.4 is 56.7 Å². The Labute approximate surface area is 96.2 Å². The summed E-state index contributed by atoms with van der Waals surface area (Å²) in [6.07, 6.45) is -0.650. The van der Waals surface area contributed by atoms with Gasteiger partial charge in [-0.15, -0.1) is 0 Å². The molecule has 0 aromatic heterocycles. The third kappa shape index (κ3) is 2.35. The fourth-order valence-corrected chi connectivity index (χ4v) is 0.445. The Morgan fingerprint density at radius 1 is 1.67 bits per heavy atom. The van der Waals surface area contributed by atoms with Gasteiger partial charge in [-0.2, -0.15) is 0 Å². The quantitative estimate of drug-likeness (QED) is 0.227. The van der Waals surface area contributed by atoms with E-state index in [1.807, 2.05) is 0 Å². The summed E-state index contributed by atoms with van der Waals surface area (Å²) < 4.78 is 4.08. The van der Waals surface area contributed by atoms with E-state index >= 15 is 0 Å². The van der Waals surface area contributed by atoms with Crippen molar-refractivity contribution in [3.8, 4) is 0 Å². The number of hydrogen-bond donors (Lipinski definition) is 1. The maximum Gasteiger partial charge on any atom is 1.00 e. The normalized spacial score (nSPS) is 24.3. The molecule has 0 aromatic rings. The molecule has 1 amide bonds. The van der Waals surface area contributed by atoms with Crippen LogP contribution in [0.4, 0.5) is 4.79 Å². The van der Waals surface area contributed by atoms with Gasteiger partial charge in [-0.25, -0.2) is 9.59 Å². The molecular weight excluding hydrogens is 149 g/mol. The zero-order valence-electron chi connectivity index (χ0n) is 6.30. The van der Waals surface area contributed by atoms with Crippen molar-refractivity contribution in [1.29, 1.82) is 0 Å². The van der Waals surface area contributed by atoms with Crippen molar-refractivity contribution >= 4 is 12.1 Å². The molecule has 1 N–H and O–H groups in total. The second-order valence-corrected chi connectivity index (χ2v) is 1.57. The largest absolute Gasteiger partial charge is 1.00 e. The molecule has 46 valence electrons. The van der Waals surface area contributed by atoms with Crippen LogP contribution in [0.2, 0.25) is 0 Å². The van der Waals surface area contributed by atoms with E-state index in [1.165, 1.54) is 0 Å². The molecule has 4 nitrogen and oxygen atoms in total. The Kier molecular flexibility index (Phi) is 3.91. The van der Waals surface area contributed by atoms with Crippen LogP contribution >= 0.6 is 0 Å². The molecule has 0 aliphatic carbocycles. The van der Waals surface area contributed by atoms with E-state index in [1.54, 1.807) is 6.92 Å². The minimum absolute atomic E-state index is 0. The van der Waals surface area contributed by atoms with Gasteiger partial charge in [0.25, 0.3) is 0 Å². The number of nitrogens with one attached hydrogen (secondary N) is 1. The van der Waals surface area contributed by atoms with E-state index in [0.717, 1.165) is 0 Å². The first-order valence-corrected chi connectivity index (χ1v) is 2.22. The third-order valence-corrected chi connectivity index (χ3v) is 0.881. The number of carbonyl (C=O) groups excluding carboxylic acids is 2. The number of alkyl carbamates (subject to hydrolysis) is 1. The number of cyclic esters (lactones) is 2. The van der Waals surface area contributed by atoms with Crippen molar-refractivity contribution in [3.05, 3.63) is 0 Å². The summed E-state index contributed by atoms with van der Waals surface area (Å²) in [6.45, 7) is 1.56. The Bertz CT molecular complexity index is 151. The SMILES string of the molecule is CC1NC(=O)OC1=O.[H-].[K+]. The van der Waals surface area contributed by atoms with Gasteiger partial charge >= 0.3 is 63.4 Å². The Morgan fingerprint density at radius 2 is 2.22 bits per heavy atom. The molecule has 1 fully saturated rings. The molecule has 0 saturated carbocycles. The van der Waals surface area contributed by atoms with Gasteiger partial charge in [0.1, 0.15) is 6.04 Å². The summed E-state index contributed by atoms with van der Waals surface area (Å²) in [5.41, 5.74) is 0. The van der Waals surface area contributed by atoms with Gasteiger partial charge in [0.05, 0.1) is 0 Å².